The van der Waals surface area contributed by atoms with E-state index in [1.165, 1.54) is 11.8 Å². The highest BCUT2D eigenvalue weighted by atomic mass is 32.2. The molecule has 0 radical (unpaired) electrons. The number of oxazole rings is 1. The third kappa shape index (κ3) is 3.87. The van der Waals surface area contributed by atoms with Crippen LogP contribution in [0, 0.1) is 0 Å². The zero-order valence-electron chi connectivity index (χ0n) is 15.2. The Morgan fingerprint density at radius 2 is 1.79 bits per heavy atom. The van der Waals surface area contributed by atoms with Crippen molar-refractivity contribution < 1.29 is 13.9 Å². The molecule has 0 atom stereocenters. The summed E-state index contributed by atoms with van der Waals surface area (Å²) < 4.78 is 11.1. The normalized spacial score (nSPS) is 10.8. The summed E-state index contributed by atoms with van der Waals surface area (Å²) in [4.78, 5) is 17.3. The van der Waals surface area contributed by atoms with Gasteiger partial charge in [0.05, 0.1) is 12.8 Å². The van der Waals surface area contributed by atoms with Crippen molar-refractivity contribution in [3.63, 3.8) is 0 Å². The second kappa shape index (κ2) is 8.19. The van der Waals surface area contributed by atoms with E-state index in [2.05, 4.69) is 10.3 Å². The van der Waals surface area contributed by atoms with Crippen LogP contribution in [0.1, 0.15) is 15.9 Å². The maximum absolute atomic E-state index is 12.8. The van der Waals surface area contributed by atoms with Crippen LogP contribution in [0.15, 0.2) is 82.4 Å². The molecule has 3 aromatic carbocycles. The number of ether oxygens (including phenoxy) is 1. The minimum absolute atomic E-state index is 0.182. The van der Waals surface area contributed by atoms with E-state index < -0.39 is 0 Å². The molecule has 6 heteroatoms. The summed E-state index contributed by atoms with van der Waals surface area (Å²) in [6.07, 6.45) is 0. The first-order valence-corrected chi connectivity index (χ1v) is 9.74. The first-order valence-electron chi connectivity index (χ1n) is 8.75. The first-order chi connectivity index (χ1) is 13.7. The van der Waals surface area contributed by atoms with E-state index in [1.807, 2.05) is 72.8 Å². The molecule has 140 valence electrons. The van der Waals surface area contributed by atoms with Crippen LogP contribution in [0.2, 0.25) is 0 Å². The highest BCUT2D eigenvalue weighted by Gasteiger charge is 2.14. The Kier molecular flexibility index (Phi) is 5.30. The molecule has 4 aromatic rings. The van der Waals surface area contributed by atoms with Gasteiger partial charge in [-0.25, -0.2) is 4.98 Å². The average Bonchev–Trinajstić information content (AvgIpc) is 3.16. The van der Waals surface area contributed by atoms with E-state index in [0.717, 1.165) is 16.7 Å². The van der Waals surface area contributed by atoms with Crippen molar-refractivity contribution in [1.29, 1.82) is 0 Å². The summed E-state index contributed by atoms with van der Waals surface area (Å²) in [7, 11) is 1.58. The molecule has 4 rings (SSSR count). The van der Waals surface area contributed by atoms with Gasteiger partial charge in [-0.3, -0.25) is 4.79 Å². The van der Waals surface area contributed by atoms with Gasteiger partial charge in [-0.2, -0.15) is 0 Å². The standard InChI is InChI=1S/C22H18N2O3S/c1-26-19-12-6-4-10-17(19)23-21(25)16-9-3-2-8-15(16)14-28-22-24-18-11-5-7-13-20(18)27-22/h2-13H,14H2,1H3,(H,23,25). The lowest BCUT2D eigenvalue weighted by atomic mass is 10.1. The average molecular weight is 390 g/mol. The number of benzene rings is 3. The van der Waals surface area contributed by atoms with Gasteiger partial charge < -0.3 is 14.5 Å². The second-order valence-electron chi connectivity index (χ2n) is 6.05. The molecule has 0 spiro atoms. The molecule has 1 aromatic heterocycles. The number of carbonyl (C=O) groups is 1. The number of thioether (sulfide) groups is 1. The molecular weight excluding hydrogens is 372 g/mol. The molecule has 1 heterocycles. The molecule has 0 bridgehead atoms. The van der Waals surface area contributed by atoms with Gasteiger partial charge in [0, 0.05) is 11.3 Å². The molecule has 1 N–H and O–H groups in total. The Balaban J connectivity index is 1.52. The molecule has 0 aliphatic rings. The van der Waals surface area contributed by atoms with Crippen molar-refractivity contribution in [2.75, 3.05) is 12.4 Å². The Morgan fingerprint density at radius 3 is 2.64 bits per heavy atom. The smallest absolute Gasteiger partial charge is 0.257 e. The van der Waals surface area contributed by atoms with E-state index in [9.17, 15) is 4.79 Å². The van der Waals surface area contributed by atoms with Crippen molar-refractivity contribution in [2.24, 2.45) is 0 Å². The Labute approximate surface area is 166 Å². The minimum atomic E-state index is -0.182. The molecule has 0 aliphatic heterocycles. The number of nitrogens with one attached hydrogen (secondary N) is 1. The van der Waals surface area contributed by atoms with Crippen molar-refractivity contribution in [1.82, 2.24) is 4.98 Å². The number of rotatable bonds is 6. The fourth-order valence-corrected chi connectivity index (χ4v) is 3.70. The molecule has 0 aliphatic carbocycles. The number of hydrogen-bond donors (Lipinski definition) is 1. The van der Waals surface area contributed by atoms with Crippen LogP contribution in [0.5, 0.6) is 5.75 Å². The summed E-state index contributed by atoms with van der Waals surface area (Å²) in [5.41, 5.74) is 3.73. The number of hydrogen-bond acceptors (Lipinski definition) is 5. The number of carbonyl (C=O) groups excluding carboxylic acids is 1. The summed E-state index contributed by atoms with van der Waals surface area (Å²) >= 11 is 1.46. The topological polar surface area (TPSA) is 64.4 Å². The fraction of sp³-hybridized carbons (Fsp3) is 0.0909. The number of amides is 1. The number of aromatic nitrogens is 1. The van der Waals surface area contributed by atoms with E-state index >= 15 is 0 Å². The predicted molar refractivity (Wildman–Crippen MR) is 111 cm³/mol. The van der Waals surface area contributed by atoms with Crippen LogP contribution in [0.25, 0.3) is 11.1 Å². The van der Waals surface area contributed by atoms with Crippen molar-refractivity contribution in [2.45, 2.75) is 11.0 Å². The number of para-hydroxylation sites is 4. The van der Waals surface area contributed by atoms with Gasteiger partial charge in [-0.15, -0.1) is 0 Å². The quantitative estimate of drug-likeness (QED) is 0.448. The molecule has 0 saturated carbocycles. The van der Waals surface area contributed by atoms with Gasteiger partial charge >= 0.3 is 0 Å². The highest BCUT2D eigenvalue weighted by Crippen LogP contribution is 2.28. The zero-order chi connectivity index (χ0) is 19.3. The number of nitrogens with zero attached hydrogens (tertiary/aromatic N) is 1. The van der Waals surface area contributed by atoms with Gasteiger partial charge in [0.2, 0.25) is 0 Å². The Hall–Kier alpha value is -3.25. The molecule has 28 heavy (non-hydrogen) atoms. The van der Waals surface area contributed by atoms with E-state index in [4.69, 9.17) is 9.15 Å². The third-order valence-electron chi connectivity index (χ3n) is 4.24. The lowest BCUT2D eigenvalue weighted by Gasteiger charge is -2.12. The third-order valence-corrected chi connectivity index (χ3v) is 5.12. The molecule has 5 nitrogen and oxygen atoms in total. The minimum Gasteiger partial charge on any atom is -0.495 e. The molecular formula is C22H18N2O3S. The van der Waals surface area contributed by atoms with Crippen LogP contribution < -0.4 is 10.1 Å². The summed E-state index contributed by atoms with van der Waals surface area (Å²) in [5.74, 6) is 1.01. The number of anilines is 1. The predicted octanol–water partition coefficient (Wildman–Crippen LogP) is 5.38. The Morgan fingerprint density at radius 1 is 1.04 bits per heavy atom. The van der Waals surface area contributed by atoms with Gasteiger partial charge in [-0.1, -0.05) is 54.2 Å². The van der Waals surface area contributed by atoms with Crippen LogP contribution in [0.4, 0.5) is 5.69 Å². The summed E-state index contributed by atoms with van der Waals surface area (Å²) in [6, 6.07) is 22.5. The number of fused-ring (bicyclic) bond motifs is 1. The first kappa shape index (κ1) is 18.1. The van der Waals surface area contributed by atoms with Crippen LogP contribution >= 0.6 is 11.8 Å². The molecule has 0 unspecified atom stereocenters. The lowest BCUT2D eigenvalue weighted by Crippen LogP contribution is -2.14. The van der Waals surface area contributed by atoms with Gasteiger partial charge in [0.25, 0.3) is 11.1 Å². The SMILES string of the molecule is COc1ccccc1NC(=O)c1ccccc1CSc1nc2ccccc2o1. The van der Waals surface area contributed by atoms with Gasteiger partial charge in [-0.05, 0) is 35.9 Å². The van der Waals surface area contributed by atoms with Crippen molar-refractivity contribution in [3.05, 3.63) is 83.9 Å². The maximum Gasteiger partial charge on any atom is 0.257 e. The number of methoxy groups -OCH3 is 1. The molecule has 0 fully saturated rings. The zero-order valence-corrected chi connectivity index (χ0v) is 16.0. The van der Waals surface area contributed by atoms with Crippen molar-refractivity contribution in [3.8, 4) is 5.75 Å². The summed E-state index contributed by atoms with van der Waals surface area (Å²) in [6.45, 7) is 0. The lowest BCUT2D eigenvalue weighted by molar-refractivity contribution is 0.102. The second-order valence-corrected chi connectivity index (χ2v) is 6.97. The summed E-state index contributed by atoms with van der Waals surface area (Å²) in [5, 5.41) is 3.51. The van der Waals surface area contributed by atoms with E-state index in [1.54, 1.807) is 7.11 Å². The maximum atomic E-state index is 12.8. The molecule has 0 saturated heterocycles. The van der Waals surface area contributed by atoms with Crippen molar-refractivity contribution >= 4 is 34.5 Å². The van der Waals surface area contributed by atoms with E-state index in [-0.39, 0.29) is 5.91 Å². The monoisotopic (exact) mass is 390 g/mol. The largest absolute Gasteiger partial charge is 0.495 e. The highest BCUT2D eigenvalue weighted by molar-refractivity contribution is 7.98. The Bertz CT molecular complexity index is 1090. The van der Waals surface area contributed by atoms with Crippen LogP contribution in [-0.4, -0.2) is 18.0 Å². The molecule has 1 amide bonds. The van der Waals surface area contributed by atoms with Gasteiger partial charge in [0.15, 0.2) is 5.58 Å². The van der Waals surface area contributed by atoms with E-state index in [0.29, 0.717) is 28.0 Å². The van der Waals surface area contributed by atoms with Crippen LogP contribution in [0.3, 0.4) is 0 Å². The van der Waals surface area contributed by atoms with Crippen LogP contribution in [-0.2, 0) is 5.75 Å². The van der Waals surface area contributed by atoms with Gasteiger partial charge in [0.1, 0.15) is 11.3 Å². The fourth-order valence-electron chi connectivity index (χ4n) is 2.86.